The predicted octanol–water partition coefficient (Wildman–Crippen LogP) is 12.0. The van der Waals surface area contributed by atoms with Crippen LogP contribution >= 0.6 is 34.0 Å². The summed E-state index contributed by atoms with van der Waals surface area (Å²) in [5, 5.41) is 12.1. The first-order valence-corrected chi connectivity index (χ1v) is 21.8. The van der Waals surface area contributed by atoms with E-state index >= 15 is 0 Å². The average Bonchev–Trinajstić information content (AvgIpc) is 4.08. The summed E-state index contributed by atoms with van der Waals surface area (Å²) in [6.07, 6.45) is 14.6. The summed E-state index contributed by atoms with van der Waals surface area (Å²) in [4.78, 5) is 37.9. The van der Waals surface area contributed by atoms with Gasteiger partial charge in [0.15, 0.2) is 15.4 Å². The Morgan fingerprint density at radius 2 is 1.07 bits per heavy atom. The second-order valence-electron chi connectivity index (χ2n) is 14.4. The van der Waals surface area contributed by atoms with Gasteiger partial charge in [-0.25, -0.2) is 29.9 Å². The molecule has 12 nitrogen and oxygen atoms in total. The minimum absolute atomic E-state index is 0.0292. The molecule has 0 amide bonds. The zero-order valence-corrected chi connectivity index (χ0v) is 36.4. The summed E-state index contributed by atoms with van der Waals surface area (Å²) in [5.41, 5.74) is 10.1. The minimum atomic E-state index is 0.0292. The van der Waals surface area contributed by atoms with Gasteiger partial charge >= 0.3 is 0 Å². The zero-order chi connectivity index (χ0) is 42.4. The number of rotatable bonds is 10. The third-order valence-corrected chi connectivity index (χ3v) is 11.8. The van der Waals surface area contributed by atoms with E-state index in [1.807, 2.05) is 110 Å². The van der Waals surface area contributed by atoms with Gasteiger partial charge in [-0.05, 0) is 54.1 Å². The van der Waals surface area contributed by atoms with Gasteiger partial charge in [-0.3, -0.25) is 9.97 Å². The summed E-state index contributed by atoms with van der Waals surface area (Å²) < 4.78 is 0. The molecule has 0 unspecified atom stereocenters. The van der Waals surface area contributed by atoms with E-state index in [-0.39, 0.29) is 5.41 Å². The van der Waals surface area contributed by atoms with Gasteiger partial charge in [0.05, 0.1) is 9.75 Å². The highest BCUT2D eigenvalue weighted by molar-refractivity contribution is 7.19. The second kappa shape index (κ2) is 20.4. The van der Waals surface area contributed by atoms with Crippen molar-refractivity contribution in [2.24, 2.45) is 0 Å². The Balaban J connectivity index is 0.000000138. The lowest BCUT2D eigenvalue weighted by molar-refractivity contribution is 0.570. The molecule has 9 aromatic rings. The largest absolute Gasteiger partial charge is 0.384 e. The highest BCUT2D eigenvalue weighted by Crippen LogP contribution is 2.33. The molecule has 61 heavy (non-hydrogen) atoms. The molecule has 0 saturated carbocycles. The van der Waals surface area contributed by atoms with Crippen molar-refractivity contribution in [2.45, 2.75) is 39.0 Å². The summed E-state index contributed by atoms with van der Waals surface area (Å²) in [6, 6.07) is 35.6. The fourth-order valence-corrected chi connectivity index (χ4v) is 8.14. The molecule has 0 aliphatic carbocycles. The maximum atomic E-state index is 5.63. The lowest BCUT2D eigenvalue weighted by Crippen LogP contribution is -2.13. The molecule has 15 heteroatoms. The van der Waals surface area contributed by atoms with Crippen LogP contribution in [0.2, 0.25) is 0 Å². The highest BCUT2D eigenvalue weighted by Gasteiger charge is 2.16. The molecule has 306 valence electrons. The maximum Gasteiger partial charge on any atom is 0.188 e. The Morgan fingerprint density at radius 3 is 1.64 bits per heavy atom. The molecule has 5 N–H and O–H groups in total. The second-order valence-corrected chi connectivity index (χ2v) is 17.6. The molecule has 0 aliphatic heterocycles. The minimum Gasteiger partial charge on any atom is -0.384 e. The molecular formula is C46H44N12S3. The molecule has 8 aromatic heterocycles. The van der Waals surface area contributed by atoms with Crippen LogP contribution in [0.3, 0.4) is 0 Å². The van der Waals surface area contributed by atoms with Gasteiger partial charge < -0.3 is 21.7 Å². The van der Waals surface area contributed by atoms with E-state index in [1.165, 1.54) is 10.4 Å². The molecule has 1 atom stereocenters. The topological polar surface area (TPSA) is 165 Å². The molecule has 0 aliphatic rings. The monoisotopic (exact) mass is 860 g/mol. The number of hydrogen-bond acceptors (Lipinski definition) is 15. The number of pyridine rings is 5. The number of aromatic nitrogens is 8. The van der Waals surface area contributed by atoms with Crippen LogP contribution in [0.15, 0.2) is 159 Å². The van der Waals surface area contributed by atoms with Crippen LogP contribution in [0.1, 0.15) is 49.7 Å². The predicted molar refractivity (Wildman–Crippen MR) is 252 cm³/mol. The quantitative estimate of drug-likeness (QED) is 0.103. The van der Waals surface area contributed by atoms with Crippen LogP contribution in [0.25, 0.3) is 20.9 Å². The molecule has 0 bridgehead atoms. The van der Waals surface area contributed by atoms with Crippen molar-refractivity contribution in [2.75, 3.05) is 21.7 Å². The van der Waals surface area contributed by atoms with E-state index < -0.39 is 0 Å². The number of nitrogens with one attached hydrogen (secondary N) is 3. The Bertz CT molecular complexity index is 2700. The molecule has 1 aromatic carbocycles. The van der Waals surface area contributed by atoms with Crippen molar-refractivity contribution in [3.05, 3.63) is 175 Å². The van der Waals surface area contributed by atoms with E-state index in [4.69, 9.17) is 5.73 Å². The van der Waals surface area contributed by atoms with Crippen LogP contribution in [0.4, 0.5) is 38.7 Å². The number of nitrogens with two attached hydrogens (primary N) is 1. The van der Waals surface area contributed by atoms with Crippen molar-refractivity contribution in [3.8, 4) is 20.9 Å². The Morgan fingerprint density at radius 1 is 0.508 bits per heavy atom. The lowest BCUT2D eigenvalue weighted by Gasteiger charge is -2.18. The van der Waals surface area contributed by atoms with Crippen LogP contribution in [-0.2, 0) is 5.41 Å². The van der Waals surface area contributed by atoms with Gasteiger partial charge in [-0.2, -0.15) is 0 Å². The lowest BCUT2D eigenvalue weighted by atomic mass is 9.92. The molecule has 0 fully saturated rings. The van der Waals surface area contributed by atoms with Crippen LogP contribution in [0.5, 0.6) is 0 Å². The van der Waals surface area contributed by atoms with E-state index in [1.54, 1.807) is 58.7 Å². The van der Waals surface area contributed by atoms with Gasteiger partial charge in [-0.15, -0.1) is 11.3 Å². The van der Waals surface area contributed by atoms with Crippen molar-refractivity contribution < 1.29 is 0 Å². The van der Waals surface area contributed by atoms with Gasteiger partial charge in [0.1, 0.15) is 23.3 Å². The van der Waals surface area contributed by atoms with E-state index in [0.29, 0.717) is 17.6 Å². The number of anilines is 7. The Hall–Kier alpha value is -6.94. The number of benzene rings is 1. The maximum absolute atomic E-state index is 5.63. The molecule has 9 rings (SSSR count). The van der Waals surface area contributed by atoms with Crippen molar-refractivity contribution in [1.82, 2.24) is 39.9 Å². The van der Waals surface area contributed by atoms with Gasteiger partial charge in [0.2, 0.25) is 0 Å². The third-order valence-electron chi connectivity index (χ3n) is 8.81. The van der Waals surface area contributed by atoms with Gasteiger partial charge in [-0.1, -0.05) is 111 Å². The number of hydrogen-bond donors (Lipinski definition) is 4. The average molecular weight is 861 g/mol. The third kappa shape index (κ3) is 12.3. The molecular weight excluding hydrogens is 817 g/mol. The Kier molecular flexibility index (Phi) is 14.1. The zero-order valence-electron chi connectivity index (χ0n) is 34.0. The van der Waals surface area contributed by atoms with Crippen molar-refractivity contribution in [1.29, 1.82) is 0 Å². The van der Waals surface area contributed by atoms with E-state index in [2.05, 4.69) is 108 Å². The van der Waals surface area contributed by atoms with E-state index in [0.717, 1.165) is 53.6 Å². The smallest absolute Gasteiger partial charge is 0.188 e. The van der Waals surface area contributed by atoms with Crippen LogP contribution < -0.4 is 21.7 Å². The molecule has 8 heterocycles. The normalized spacial score (nSPS) is 11.3. The summed E-state index contributed by atoms with van der Waals surface area (Å²) >= 11 is 4.80. The molecule has 0 saturated heterocycles. The first kappa shape index (κ1) is 42.2. The highest BCUT2D eigenvalue weighted by atomic mass is 32.1. The first-order valence-electron chi connectivity index (χ1n) is 19.3. The molecule has 0 radical (unpaired) electrons. The fraction of sp³-hybridized carbons (Fsp3) is 0.130. The standard InChI is InChI=1S/C17H18N4S.C16H15N3S.C13H11N5S/c1-17(2,3)14-7-4-8-15(20-14)21-16-19-11-13(22-16)12-6-5-9-18-10-12;1-12(13-7-3-2-4-8-13)14-11-18-16(20-14)19-15-9-5-6-10-17-15;14-11-4-1-5-12(17-11)18-13-16-8-10(19-13)9-3-2-6-15-7-9/h4-11H,1-3H3,(H,19,20,21);2-12H,1H3,(H,17,18,19);1-8H,(H3,14,16,17,18)/t;12-;/m.0./s1. The number of thiazole rings is 3. The van der Waals surface area contributed by atoms with Crippen molar-refractivity contribution in [3.63, 3.8) is 0 Å². The van der Waals surface area contributed by atoms with Gasteiger partial charge in [0, 0.05) is 82.6 Å². The van der Waals surface area contributed by atoms with Crippen molar-refractivity contribution >= 4 is 72.7 Å². The molecule has 0 spiro atoms. The first-order chi connectivity index (χ1) is 29.7. The van der Waals surface area contributed by atoms with Crippen LogP contribution in [0, 0.1) is 0 Å². The summed E-state index contributed by atoms with van der Waals surface area (Å²) in [6.45, 7) is 8.67. The van der Waals surface area contributed by atoms with Gasteiger partial charge in [0.25, 0.3) is 0 Å². The summed E-state index contributed by atoms with van der Waals surface area (Å²) in [5.74, 6) is 3.16. The SMILES string of the molecule is CC(C)(C)c1cccc(Nc2ncc(-c3cccnc3)s2)n1.C[C@@H](c1ccccc1)c1cnc(Nc2ccccn2)s1.Nc1cccc(Nc2ncc(-c3cccnc3)s2)n1. The van der Waals surface area contributed by atoms with Crippen LogP contribution in [-0.4, -0.2) is 39.9 Å². The fourth-order valence-electron chi connectivity index (χ4n) is 5.61. The summed E-state index contributed by atoms with van der Waals surface area (Å²) in [7, 11) is 0. The van der Waals surface area contributed by atoms with E-state index in [9.17, 15) is 0 Å². The number of nitrogens with zero attached hydrogens (tertiary/aromatic N) is 8. The Labute approximate surface area is 367 Å². The number of nitrogen functional groups attached to an aromatic ring is 1.